The molecular weight excluding hydrogens is 314 g/mol. The van der Waals surface area contributed by atoms with Crippen LogP contribution >= 0.6 is 0 Å². The van der Waals surface area contributed by atoms with E-state index in [2.05, 4.69) is 19.2 Å². The third kappa shape index (κ3) is 3.42. The molecule has 0 amide bonds. The molecule has 130 valence electrons. The molecule has 0 unspecified atom stereocenters. The fourth-order valence-corrected chi connectivity index (χ4v) is 2.96. The highest BCUT2D eigenvalue weighted by molar-refractivity contribution is 5.77. The Morgan fingerprint density at radius 1 is 1.16 bits per heavy atom. The van der Waals surface area contributed by atoms with Crippen LogP contribution in [0.4, 0.5) is 0 Å². The fraction of sp³-hybridized carbons (Fsp3) is 0.300. The summed E-state index contributed by atoms with van der Waals surface area (Å²) in [6.07, 6.45) is 1.07. The first kappa shape index (κ1) is 17.2. The summed E-state index contributed by atoms with van der Waals surface area (Å²) < 4.78 is 6.95. The predicted octanol–water partition coefficient (Wildman–Crippen LogP) is 2.43. The van der Waals surface area contributed by atoms with E-state index < -0.39 is 0 Å². The summed E-state index contributed by atoms with van der Waals surface area (Å²) in [5, 5.41) is 2.85. The third-order valence-electron chi connectivity index (χ3n) is 4.35. The Morgan fingerprint density at radius 2 is 1.88 bits per heavy atom. The summed E-state index contributed by atoms with van der Waals surface area (Å²) in [5.74, 6) is 1.53. The maximum atomic E-state index is 13.2. The monoisotopic (exact) mass is 338 g/mol. The Morgan fingerprint density at radius 3 is 2.56 bits per heavy atom. The lowest BCUT2D eigenvalue weighted by Crippen LogP contribution is -2.85. The summed E-state index contributed by atoms with van der Waals surface area (Å²) in [4.78, 5) is 18.0. The van der Waals surface area contributed by atoms with Crippen molar-refractivity contribution in [2.45, 2.75) is 26.3 Å². The number of nitrogens with zero attached hydrogens (tertiary/aromatic N) is 2. The van der Waals surface area contributed by atoms with Crippen LogP contribution in [0.2, 0.25) is 0 Å². The van der Waals surface area contributed by atoms with Crippen molar-refractivity contribution in [1.82, 2.24) is 9.55 Å². The molecule has 25 heavy (non-hydrogen) atoms. The number of hydrogen-bond donors (Lipinski definition) is 1. The van der Waals surface area contributed by atoms with E-state index in [0.717, 1.165) is 35.7 Å². The first-order valence-corrected chi connectivity index (χ1v) is 8.65. The van der Waals surface area contributed by atoms with Gasteiger partial charge in [0.15, 0.2) is 5.82 Å². The van der Waals surface area contributed by atoms with Crippen LogP contribution in [0.3, 0.4) is 0 Å². The van der Waals surface area contributed by atoms with Gasteiger partial charge in [-0.25, -0.2) is 4.98 Å². The highest BCUT2D eigenvalue weighted by Gasteiger charge is 2.19. The zero-order valence-electron chi connectivity index (χ0n) is 14.9. The topological polar surface area (TPSA) is 60.7 Å². The lowest BCUT2D eigenvalue weighted by molar-refractivity contribution is -0.693. The van der Waals surface area contributed by atoms with E-state index in [1.54, 1.807) is 11.7 Å². The quantitative estimate of drug-likeness (QED) is 0.751. The number of fused-ring (bicyclic) bond motifs is 1. The van der Waals surface area contributed by atoms with E-state index >= 15 is 0 Å². The van der Waals surface area contributed by atoms with Crippen LogP contribution in [0.5, 0.6) is 5.75 Å². The highest BCUT2D eigenvalue weighted by Crippen LogP contribution is 2.18. The lowest BCUT2D eigenvalue weighted by Gasteiger charge is -2.17. The minimum atomic E-state index is -0.0393. The smallest absolute Gasteiger partial charge is 0.266 e. The van der Waals surface area contributed by atoms with Crippen LogP contribution in [0.1, 0.15) is 32.1 Å². The van der Waals surface area contributed by atoms with Gasteiger partial charge in [-0.1, -0.05) is 19.1 Å². The van der Waals surface area contributed by atoms with Crippen molar-refractivity contribution >= 4 is 10.9 Å². The molecule has 0 spiro atoms. The number of ether oxygens (including phenoxy) is 1. The van der Waals surface area contributed by atoms with E-state index in [0.29, 0.717) is 5.39 Å². The summed E-state index contributed by atoms with van der Waals surface area (Å²) in [6, 6.07) is 15.1. The minimum Gasteiger partial charge on any atom is -0.497 e. The van der Waals surface area contributed by atoms with Crippen molar-refractivity contribution in [2.24, 2.45) is 0 Å². The maximum Gasteiger partial charge on any atom is 0.266 e. The largest absolute Gasteiger partial charge is 0.497 e. The van der Waals surface area contributed by atoms with Crippen molar-refractivity contribution in [3.05, 3.63) is 64.7 Å². The van der Waals surface area contributed by atoms with Crippen molar-refractivity contribution in [3.63, 3.8) is 0 Å². The van der Waals surface area contributed by atoms with E-state index in [-0.39, 0.29) is 11.6 Å². The molecule has 3 aromatic rings. The first-order valence-electron chi connectivity index (χ1n) is 8.65. The molecule has 1 aromatic heterocycles. The number of rotatable bonds is 6. The van der Waals surface area contributed by atoms with Gasteiger partial charge < -0.3 is 10.1 Å². The van der Waals surface area contributed by atoms with Gasteiger partial charge in [-0.15, -0.1) is 0 Å². The standard InChI is InChI=1S/C20H23N3O2/c1-4-13-21-14(2)19-22-18-8-6-5-7-17(18)20(24)23(19)15-9-11-16(25-3)12-10-15/h5-12,14,21H,4,13H2,1-3H3/p+1/t14-/m0/s1. The number of quaternary nitrogens is 1. The Labute approximate surface area is 147 Å². The summed E-state index contributed by atoms with van der Waals surface area (Å²) in [5.41, 5.74) is 1.50. The normalized spacial score (nSPS) is 12.3. The van der Waals surface area contributed by atoms with Gasteiger partial charge in [-0.3, -0.25) is 9.36 Å². The fourth-order valence-electron chi connectivity index (χ4n) is 2.96. The van der Waals surface area contributed by atoms with Crippen LogP contribution in [0.25, 0.3) is 16.6 Å². The molecule has 1 atom stereocenters. The molecule has 2 N–H and O–H groups in total. The Hall–Kier alpha value is -2.66. The van der Waals surface area contributed by atoms with Gasteiger partial charge in [0.05, 0.1) is 30.2 Å². The van der Waals surface area contributed by atoms with Gasteiger partial charge in [0.1, 0.15) is 11.8 Å². The van der Waals surface area contributed by atoms with E-state index in [9.17, 15) is 4.79 Å². The molecule has 5 heteroatoms. The Bertz CT molecular complexity index is 916. The van der Waals surface area contributed by atoms with Crippen molar-refractivity contribution < 1.29 is 10.1 Å². The summed E-state index contributed by atoms with van der Waals surface area (Å²) in [6.45, 7) is 5.23. The van der Waals surface area contributed by atoms with E-state index in [1.165, 1.54) is 0 Å². The van der Waals surface area contributed by atoms with Gasteiger partial charge in [-0.2, -0.15) is 0 Å². The van der Waals surface area contributed by atoms with E-state index in [1.807, 2.05) is 48.5 Å². The number of methoxy groups -OCH3 is 1. The molecule has 0 saturated heterocycles. The van der Waals surface area contributed by atoms with Crippen LogP contribution in [-0.2, 0) is 0 Å². The zero-order chi connectivity index (χ0) is 17.8. The van der Waals surface area contributed by atoms with Crippen LogP contribution < -0.4 is 15.6 Å². The van der Waals surface area contributed by atoms with Gasteiger partial charge in [-0.05, 0) is 49.7 Å². The van der Waals surface area contributed by atoms with Crippen molar-refractivity contribution in [1.29, 1.82) is 0 Å². The van der Waals surface area contributed by atoms with Crippen LogP contribution in [0.15, 0.2) is 53.3 Å². The van der Waals surface area contributed by atoms with Gasteiger partial charge in [0.2, 0.25) is 0 Å². The number of benzene rings is 2. The maximum absolute atomic E-state index is 13.2. The zero-order valence-corrected chi connectivity index (χ0v) is 14.9. The molecule has 0 aliphatic heterocycles. The van der Waals surface area contributed by atoms with E-state index in [4.69, 9.17) is 9.72 Å². The van der Waals surface area contributed by atoms with Crippen molar-refractivity contribution in [2.75, 3.05) is 13.7 Å². The second-order valence-corrected chi connectivity index (χ2v) is 6.14. The molecule has 2 aromatic carbocycles. The molecule has 3 rings (SSSR count). The van der Waals surface area contributed by atoms with Crippen LogP contribution in [-0.4, -0.2) is 23.2 Å². The number of para-hydroxylation sites is 1. The molecule has 0 radical (unpaired) electrons. The molecular formula is C20H24N3O2+. The molecule has 0 bridgehead atoms. The molecule has 5 nitrogen and oxygen atoms in total. The Kier molecular flexibility index (Phi) is 5.14. The average molecular weight is 338 g/mol. The molecule has 1 heterocycles. The molecule has 0 saturated carbocycles. The number of nitrogens with two attached hydrogens (primary N) is 1. The second kappa shape index (κ2) is 7.49. The first-order chi connectivity index (χ1) is 12.2. The third-order valence-corrected chi connectivity index (χ3v) is 4.35. The molecule has 0 fully saturated rings. The average Bonchev–Trinajstić information content (AvgIpc) is 2.66. The predicted molar refractivity (Wildman–Crippen MR) is 99.4 cm³/mol. The van der Waals surface area contributed by atoms with Gasteiger partial charge in [0, 0.05) is 0 Å². The Balaban J connectivity index is 2.22. The summed E-state index contributed by atoms with van der Waals surface area (Å²) in [7, 11) is 1.63. The second-order valence-electron chi connectivity index (χ2n) is 6.14. The lowest BCUT2D eigenvalue weighted by atomic mass is 10.2. The SMILES string of the molecule is CCC[NH2+][C@@H](C)c1nc2ccccc2c(=O)n1-c1ccc(OC)cc1. The van der Waals surface area contributed by atoms with Gasteiger partial charge >= 0.3 is 0 Å². The highest BCUT2D eigenvalue weighted by atomic mass is 16.5. The number of hydrogen-bond acceptors (Lipinski definition) is 3. The van der Waals surface area contributed by atoms with Gasteiger partial charge in [0.25, 0.3) is 5.56 Å². The van der Waals surface area contributed by atoms with Crippen LogP contribution in [0, 0.1) is 0 Å². The molecule has 0 aliphatic carbocycles. The summed E-state index contributed by atoms with van der Waals surface area (Å²) >= 11 is 0. The minimum absolute atomic E-state index is 0.0393. The number of aromatic nitrogens is 2. The van der Waals surface area contributed by atoms with Crippen molar-refractivity contribution in [3.8, 4) is 11.4 Å². The molecule has 0 aliphatic rings.